The average Bonchev–Trinajstić information content (AvgIpc) is 2.77. The van der Waals surface area contributed by atoms with Gasteiger partial charge in [0, 0.05) is 25.0 Å². The second kappa shape index (κ2) is 10.4. The number of pyridine rings is 1. The zero-order valence-corrected chi connectivity index (χ0v) is 18.2. The number of anilines is 1. The molecule has 2 aromatic carbocycles. The number of hydrogen-bond donors (Lipinski definition) is 1. The molecular weight excluding hydrogens is 388 g/mol. The fourth-order valence-electron chi connectivity index (χ4n) is 3.43. The van der Waals surface area contributed by atoms with Gasteiger partial charge in [-0.15, -0.1) is 0 Å². The van der Waals surface area contributed by atoms with Gasteiger partial charge in [0.1, 0.15) is 5.56 Å². The van der Waals surface area contributed by atoms with Gasteiger partial charge in [-0.3, -0.25) is 9.59 Å². The fraction of sp³-hybridized carbons (Fsp3) is 0.240. The molecule has 0 saturated carbocycles. The first-order valence-electron chi connectivity index (χ1n) is 10.4. The summed E-state index contributed by atoms with van der Waals surface area (Å²) in [6.07, 6.45) is 3.25. The number of nitrogens with zero attached hydrogens (tertiary/aromatic N) is 3. The van der Waals surface area contributed by atoms with Crippen LogP contribution in [0.3, 0.4) is 0 Å². The molecule has 0 aliphatic heterocycles. The molecule has 0 fully saturated rings. The van der Waals surface area contributed by atoms with Gasteiger partial charge < -0.3 is 9.47 Å². The lowest BCUT2D eigenvalue weighted by molar-refractivity contribution is 0.0953. The van der Waals surface area contributed by atoms with Crippen LogP contribution in [-0.2, 0) is 6.54 Å². The molecule has 0 atom stereocenters. The fourth-order valence-corrected chi connectivity index (χ4v) is 3.43. The van der Waals surface area contributed by atoms with E-state index in [4.69, 9.17) is 0 Å². The molecule has 1 amide bonds. The van der Waals surface area contributed by atoms with Crippen LogP contribution in [0, 0.1) is 6.92 Å². The molecule has 0 aliphatic rings. The summed E-state index contributed by atoms with van der Waals surface area (Å²) in [6.45, 7) is 8.53. The predicted molar refractivity (Wildman–Crippen MR) is 126 cm³/mol. The summed E-state index contributed by atoms with van der Waals surface area (Å²) in [7, 11) is 0. The average molecular weight is 417 g/mol. The number of carbonyl (C=O) groups excluding carboxylic acids is 1. The lowest BCUT2D eigenvalue weighted by Crippen LogP contribution is -2.30. The highest BCUT2D eigenvalue weighted by molar-refractivity contribution is 5.94. The Balaban J connectivity index is 1.67. The van der Waals surface area contributed by atoms with Gasteiger partial charge in [0.15, 0.2) is 0 Å². The Bertz CT molecular complexity index is 1110. The van der Waals surface area contributed by atoms with Crippen LogP contribution in [0.5, 0.6) is 0 Å². The third kappa shape index (κ3) is 5.69. The Labute approximate surface area is 182 Å². The van der Waals surface area contributed by atoms with E-state index >= 15 is 0 Å². The lowest BCUT2D eigenvalue weighted by atomic mass is 10.1. The molecule has 1 N–H and O–H groups in total. The van der Waals surface area contributed by atoms with Crippen molar-refractivity contribution in [3.05, 3.63) is 99.5 Å². The number of hydrazone groups is 1. The van der Waals surface area contributed by atoms with Gasteiger partial charge >= 0.3 is 0 Å². The van der Waals surface area contributed by atoms with Crippen LogP contribution in [0.25, 0.3) is 0 Å². The van der Waals surface area contributed by atoms with Crippen molar-refractivity contribution in [3.63, 3.8) is 0 Å². The summed E-state index contributed by atoms with van der Waals surface area (Å²) in [5, 5.41) is 4.01. The first-order chi connectivity index (χ1) is 15.0. The SMILES string of the molecule is CCN(CC)c1ccc(/C=N\NC(=O)c2cccn(Cc3cccc(C)c3)c2=O)cc1. The summed E-state index contributed by atoms with van der Waals surface area (Å²) >= 11 is 0. The van der Waals surface area contributed by atoms with Gasteiger partial charge in [-0.1, -0.05) is 42.0 Å². The van der Waals surface area contributed by atoms with Crippen molar-refractivity contribution in [2.24, 2.45) is 5.10 Å². The van der Waals surface area contributed by atoms with E-state index in [2.05, 4.69) is 29.3 Å². The van der Waals surface area contributed by atoms with E-state index in [1.54, 1.807) is 18.5 Å². The number of amides is 1. The van der Waals surface area contributed by atoms with Crippen molar-refractivity contribution in [3.8, 4) is 0 Å². The van der Waals surface area contributed by atoms with E-state index in [0.717, 1.165) is 35.5 Å². The normalized spacial score (nSPS) is 10.9. The number of carbonyl (C=O) groups is 1. The van der Waals surface area contributed by atoms with E-state index in [1.165, 1.54) is 10.6 Å². The number of aromatic nitrogens is 1. The third-order valence-electron chi connectivity index (χ3n) is 5.10. The zero-order chi connectivity index (χ0) is 22.2. The monoisotopic (exact) mass is 416 g/mol. The van der Waals surface area contributed by atoms with Crippen LogP contribution in [0.2, 0.25) is 0 Å². The predicted octanol–water partition coefficient (Wildman–Crippen LogP) is 3.82. The smallest absolute Gasteiger partial charge is 0.276 e. The van der Waals surface area contributed by atoms with Crippen LogP contribution < -0.4 is 15.9 Å². The highest BCUT2D eigenvalue weighted by Crippen LogP contribution is 2.14. The van der Waals surface area contributed by atoms with E-state index in [9.17, 15) is 9.59 Å². The lowest BCUT2D eigenvalue weighted by Gasteiger charge is -2.20. The molecule has 1 aromatic heterocycles. The van der Waals surface area contributed by atoms with Crippen molar-refractivity contribution in [1.29, 1.82) is 0 Å². The van der Waals surface area contributed by atoms with Gasteiger partial charge in [0.05, 0.1) is 12.8 Å². The summed E-state index contributed by atoms with van der Waals surface area (Å²) in [5.74, 6) is -0.528. The standard InChI is InChI=1S/C25H28N4O2/c1-4-28(5-2)22-13-11-20(12-14-22)17-26-27-24(30)23-10-7-15-29(25(23)31)18-21-9-6-8-19(3)16-21/h6-17H,4-5,18H2,1-3H3,(H,27,30)/b26-17-. The largest absolute Gasteiger partial charge is 0.372 e. The molecule has 0 aliphatic carbocycles. The summed E-state index contributed by atoms with van der Waals surface area (Å²) < 4.78 is 1.53. The molecule has 0 unspecified atom stereocenters. The first-order valence-corrected chi connectivity index (χ1v) is 10.4. The molecule has 1 heterocycles. The summed E-state index contributed by atoms with van der Waals surface area (Å²) in [4.78, 5) is 27.5. The van der Waals surface area contributed by atoms with Gasteiger partial charge in [-0.25, -0.2) is 5.43 Å². The maximum absolute atomic E-state index is 12.7. The van der Waals surface area contributed by atoms with E-state index in [1.807, 2.05) is 55.5 Å². The van der Waals surface area contributed by atoms with Crippen molar-refractivity contribution in [2.75, 3.05) is 18.0 Å². The van der Waals surface area contributed by atoms with Crippen molar-refractivity contribution >= 4 is 17.8 Å². The summed E-state index contributed by atoms with van der Waals surface area (Å²) in [6, 6.07) is 19.1. The summed E-state index contributed by atoms with van der Waals surface area (Å²) in [5.41, 5.74) is 6.30. The minimum Gasteiger partial charge on any atom is -0.372 e. The zero-order valence-electron chi connectivity index (χ0n) is 18.2. The second-order valence-electron chi connectivity index (χ2n) is 7.31. The minimum absolute atomic E-state index is 0.0594. The molecular formula is C25H28N4O2. The Morgan fingerprint density at radius 1 is 1.06 bits per heavy atom. The number of hydrogen-bond acceptors (Lipinski definition) is 4. The van der Waals surface area contributed by atoms with Gasteiger partial charge in [-0.2, -0.15) is 5.10 Å². The third-order valence-corrected chi connectivity index (χ3v) is 5.10. The molecule has 3 rings (SSSR count). The number of rotatable bonds is 8. The van der Waals surface area contributed by atoms with E-state index in [0.29, 0.717) is 6.54 Å². The number of aryl methyl sites for hydroxylation is 1. The maximum atomic E-state index is 12.7. The van der Waals surface area contributed by atoms with E-state index in [-0.39, 0.29) is 11.1 Å². The number of nitrogens with one attached hydrogen (secondary N) is 1. The highest BCUT2D eigenvalue weighted by Gasteiger charge is 2.11. The Hall–Kier alpha value is -3.67. The number of benzene rings is 2. The Kier molecular flexibility index (Phi) is 7.38. The Morgan fingerprint density at radius 3 is 2.48 bits per heavy atom. The molecule has 31 heavy (non-hydrogen) atoms. The molecule has 0 spiro atoms. The molecule has 0 bridgehead atoms. The minimum atomic E-state index is -0.528. The molecule has 6 heteroatoms. The molecule has 0 saturated heterocycles. The van der Waals surface area contributed by atoms with Crippen molar-refractivity contribution in [1.82, 2.24) is 9.99 Å². The van der Waals surface area contributed by atoms with Crippen LogP contribution in [0.1, 0.15) is 40.9 Å². The second-order valence-corrected chi connectivity index (χ2v) is 7.31. The van der Waals surface area contributed by atoms with Gasteiger partial charge in [0.25, 0.3) is 11.5 Å². The quantitative estimate of drug-likeness (QED) is 0.448. The topological polar surface area (TPSA) is 66.7 Å². The maximum Gasteiger partial charge on any atom is 0.276 e. The van der Waals surface area contributed by atoms with Crippen LogP contribution in [0.15, 0.2) is 76.8 Å². The van der Waals surface area contributed by atoms with E-state index < -0.39 is 5.91 Å². The Morgan fingerprint density at radius 2 is 1.81 bits per heavy atom. The first kappa shape index (κ1) is 22.0. The van der Waals surface area contributed by atoms with Crippen LogP contribution in [0.4, 0.5) is 5.69 Å². The van der Waals surface area contributed by atoms with Crippen LogP contribution in [-0.4, -0.2) is 29.8 Å². The molecule has 0 radical (unpaired) electrons. The molecule has 160 valence electrons. The van der Waals surface area contributed by atoms with Gasteiger partial charge in [-0.05, 0) is 56.2 Å². The highest BCUT2D eigenvalue weighted by atomic mass is 16.2. The van der Waals surface area contributed by atoms with Crippen LogP contribution >= 0.6 is 0 Å². The molecule has 3 aromatic rings. The molecule has 6 nitrogen and oxygen atoms in total. The van der Waals surface area contributed by atoms with Gasteiger partial charge in [0.2, 0.25) is 0 Å². The van der Waals surface area contributed by atoms with Crippen molar-refractivity contribution in [2.45, 2.75) is 27.3 Å². The van der Waals surface area contributed by atoms with Crippen molar-refractivity contribution < 1.29 is 4.79 Å².